The fraction of sp³-hybridized carbons (Fsp3) is 0. The molecule has 3 nitrogen and oxygen atoms in total. The van der Waals surface area contributed by atoms with Gasteiger partial charge in [0.1, 0.15) is 0 Å². The number of rotatable bonds is 3. The van der Waals surface area contributed by atoms with Gasteiger partial charge in [-0.1, -0.05) is 182 Å². The van der Waals surface area contributed by atoms with Crippen LogP contribution in [0.2, 0.25) is 0 Å². The van der Waals surface area contributed by atoms with Crippen LogP contribution in [0.15, 0.2) is 231 Å². The van der Waals surface area contributed by atoms with Crippen molar-refractivity contribution in [3.63, 3.8) is 0 Å². The lowest BCUT2D eigenvalue weighted by atomic mass is 9.34. The Hall–Kier alpha value is -9.38. The minimum Gasteiger partial charge on any atom is -0.310 e. The van der Waals surface area contributed by atoms with Gasteiger partial charge in [0.2, 0.25) is 0 Å². The third-order valence-corrected chi connectivity index (χ3v) is 16.9. The Labute approximate surface area is 413 Å². The van der Waals surface area contributed by atoms with Crippen molar-refractivity contribution in [2.75, 3.05) is 0 Å². The van der Waals surface area contributed by atoms with Gasteiger partial charge in [-0.25, -0.2) is 0 Å². The second-order valence-electron chi connectivity index (χ2n) is 20.3. The van der Waals surface area contributed by atoms with E-state index in [0.717, 1.165) is 5.69 Å². The van der Waals surface area contributed by atoms with Crippen LogP contribution in [0.4, 0.5) is 0 Å². The number of nitrogens with zero attached hydrogens (tertiary/aromatic N) is 3. The summed E-state index contributed by atoms with van der Waals surface area (Å²) in [4.78, 5) is 0. The zero-order valence-corrected chi connectivity index (χ0v) is 38.9. The third kappa shape index (κ3) is 4.55. The number of benzene rings is 12. The molecule has 0 bridgehead atoms. The zero-order chi connectivity index (χ0) is 46.5. The van der Waals surface area contributed by atoms with Gasteiger partial charge in [-0.15, -0.1) is 0 Å². The number of hydrogen-bond donors (Lipinski definition) is 0. The first kappa shape index (κ1) is 37.5. The molecule has 72 heavy (non-hydrogen) atoms. The van der Waals surface area contributed by atoms with Crippen LogP contribution in [-0.4, -0.2) is 20.4 Å². The van der Waals surface area contributed by atoms with E-state index in [0.29, 0.717) is 0 Å². The van der Waals surface area contributed by atoms with Crippen molar-refractivity contribution in [2.45, 2.75) is 0 Å². The standard InChI is InChI=1S/C68H38BN3/c1-3-15-39(16-4-1)41-29-31-57-52(33-41)53-34-42(40-17-5-2-6-18-40)30-32-58(53)70(57)45-37-60-66-61(38-45)72-59-28-14-26-50-48-23-10-9-22-47(48)49-25-13-20-44-36-55(68(72)65(62(44)49)64(50)59)69(66)54-35-43-19-7-8-21-46(43)63-51-24-11-12-27-56(51)71(60)67(54)63/h1-38H. The summed E-state index contributed by atoms with van der Waals surface area (Å²) in [5.41, 5.74) is 25.2. The molecule has 5 heterocycles. The summed E-state index contributed by atoms with van der Waals surface area (Å²) in [7, 11) is 0. The Kier molecular flexibility index (Phi) is 6.92. The van der Waals surface area contributed by atoms with Crippen molar-refractivity contribution in [1.29, 1.82) is 0 Å². The molecule has 328 valence electrons. The van der Waals surface area contributed by atoms with Crippen LogP contribution in [-0.2, 0) is 0 Å². The Bertz CT molecular complexity index is 4880. The lowest BCUT2D eigenvalue weighted by Crippen LogP contribution is -2.59. The van der Waals surface area contributed by atoms with E-state index < -0.39 is 0 Å². The smallest absolute Gasteiger partial charge is 0.252 e. The highest BCUT2D eigenvalue weighted by Gasteiger charge is 2.43. The molecule has 0 N–H and O–H groups in total. The maximum Gasteiger partial charge on any atom is 0.252 e. The average Bonchev–Trinajstić information content (AvgIpc) is 4.08. The predicted octanol–water partition coefficient (Wildman–Crippen LogP) is 15.4. The SMILES string of the molecule is c1ccc(-c2ccc3c(c2)c2cc(-c4ccccc4)ccc2n3-c2cc3c4c(c2)-n2c5cccc6c5c5c7c(cccc7cc(c52)B4c2cc4ccccc4c4c5ccccc5n-3c24)-c2ccccc2-6)cc1. The van der Waals surface area contributed by atoms with E-state index in [9.17, 15) is 0 Å². The van der Waals surface area contributed by atoms with E-state index >= 15 is 0 Å². The molecule has 0 radical (unpaired) electrons. The molecule has 0 fully saturated rings. The summed E-state index contributed by atoms with van der Waals surface area (Å²) < 4.78 is 7.87. The van der Waals surface area contributed by atoms with Crippen LogP contribution in [0.3, 0.4) is 0 Å². The van der Waals surface area contributed by atoms with Crippen molar-refractivity contribution in [2.24, 2.45) is 0 Å². The first-order chi connectivity index (χ1) is 35.7. The summed E-state index contributed by atoms with van der Waals surface area (Å²) in [6.07, 6.45) is 0. The fourth-order valence-corrected chi connectivity index (χ4v) is 14.1. The van der Waals surface area contributed by atoms with Gasteiger partial charge in [-0.3, -0.25) is 0 Å². The fourth-order valence-electron chi connectivity index (χ4n) is 14.1. The predicted molar refractivity (Wildman–Crippen MR) is 304 cm³/mol. The number of fused-ring (bicyclic) bond motifs is 16. The van der Waals surface area contributed by atoms with Crippen LogP contribution in [0, 0.1) is 0 Å². The Morgan fingerprint density at radius 1 is 0.278 bits per heavy atom. The highest BCUT2D eigenvalue weighted by molar-refractivity contribution is 7.00. The molecule has 0 saturated heterocycles. The number of hydrogen-bond acceptors (Lipinski definition) is 0. The summed E-state index contributed by atoms with van der Waals surface area (Å²) >= 11 is 0. The Balaban J connectivity index is 1.04. The van der Waals surface area contributed by atoms with Gasteiger partial charge < -0.3 is 13.7 Å². The van der Waals surface area contributed by atoms with Gasteiger partial charge in [0.15, 0.2) is 0 Å². The van der Waals surface area contributed by atoms with Gasteiger partial charge in [0, 0.05) is 43.7 Å². The second-order valence-corrected chi connectivity index (χ2v) is 20.3. The van der Waals surface area contributed by atoms with Gasteiger partial charge in [-0.05, 0) is 131 Å². The minimum atomic E-state index is -0.0214. The van der Waals surface area contributed by atoms with Crippen LogP contribution in [0.5, 0.6) is 0 Å². The maximum absolute atomic E-state index is 2.68. The highest BCUT2D eigenvalue weighted by atomic mass is 15.1. The zero-order valence-electron chi connectivity index (χ0n) is 38.9. The van der Waals surface area contributed by atoms with Gasteiger partial charge >= 0.3 is 0 Å². The molecule has 0 atom stereocenters. The first-order valence-corrected chi connectivity index (χ1v) is 25.2. The summed E-state index contributed by atoms with van der Waals surface area (Å²) in [5.74, 6) is 0. The van der Waals surface area contributed by atoms with Crippen LogP contribution in [0.25, 0.3) is 149 Å². The van der Waals surface area contributed by atoms with E-state index in [-0.39, 0.29) is 6.71 Å². The summed E-state index contributed by atoms with van der Waals surface area (Å²) in [5, 5.41) is 13.0. The molecule has 12 aromatic carbocycles. The second kappa shape index (κ2) is 13.3. The Morgan fingerprint density at radius 3 is 1.47 bits per heavy atom. The minimum absolute atomic E-state index is 0.0214. The van der Waals surface area contributed by atoms with Gasteiger partial charge in [0.25, 0.3) is 6.71 Å². The van der Waals surface area contributed by atoms with E-state index in [1.165, 1.54) is 159 Å². The molecule has 0 spiro atoms. The van der Waals surface area contributed by atoms with E-state index in [4.69, 9.17) is 0 Å². The van der Waals surface area contributed by atoms with Gasteiger partial charge in [0.05, 0.1) is 38.8 Å². The van der Waals surface area contributed by atoms with Crippen LogP contribution in [0.1, 0.15) is 0 Å². The molecule has 3 aromatic heterocycles. The molecule has 3 aliphatic rings. The third-order valence-electron chi connectivity index (χ3n) is 16.9. The molecular formula is C68H38BN3. The van der Waals surface area contributed by atoms with Crippen molar-refractivity contribution in [1.82, 2.24) is 13.7 Å². The van der Waals surface area contributed by atoms with E-state index in [1.54, 1.807) is 0 Å². The average molecular weight is 908 g/mol. The largest absolute Gasteiger partial charge is 0.310 e. The topological polar surface area (TPSA) is 14.8 Å². The molecule has 18 rings (SSSR count). The summed E-state index contributed by atoms with van der Waals surface area (Å²) in [6, 6.07) is 87.3. The van der Waals surface area contributed by atoms with Crippen molar-refractivity contribution in [3.8, 4) is 61.6 Å². The van der Waals surface area contributed by atoms with E-state index in [2.05, 4.69) is 244 Å². The molecule has 2 aliphatic heterocycles. The molecule has 0 unspecified atom stereocenters. The first-order valence-electron chi connectivity index (χ1n) is 25.2. The van der Waals surface area contributed by atoms with Crippen LogP contribution >= 0.6 is 0 Å². The molecule has 0 amide bonds. The lowest BCUT2D eigenvalue weighted by Gasteiger charge is -2.35. The molecule has 4 heteroatoms. The van der Waals surface area contributed by atoms with Gasteiger partial charge in [-0.2, -0.15) is 0 Å². The van der Waals surface area contributed by atoms with Crippen molar-refractivity contribution < 1.29 is 0 Å². The monoisotopic (exact) mass is 907 g/mol. The molecule has 15 aromatic rings. The number of aromatic nitrogens is 3. The Morgan fingerprint density at radius 2 is 0.778 bits per heavy atom. The van der Waals surface area contributed by atoms with Crippen LogP contribution < -0.4 is 16.4 Å². The summed E-state index contributed by atoms with van der Waals surface area (Å²) in [6.45, 7) is -0.0214. The molecule has 0 saturated carbocycles. The van der Waals surface area contributed by atoms with E-state index in [1.807, 2.05) is 0 Å². The molecular weight excluding hydrogens is 870 g/mol. The van der Waals surface area contributed by atoms with Crippen molar-refractivity contribution >= 4 is 110 Å². The number of para-hydroxylation sites is 1. The highest BCUT2D eigenvalue weighted by Crippen LogP contribution is 2.51. The normalized spacial score (nSPS) is 13.0. The van der Waals surface area contributed by atoms with Crippen molar-refractivity contribution in [3.05, 3.63) is 231 Å². The maximum atomic E-state index is 2.68. The quantitative estimate of drug-likeness (QED) is 0.157. The lowest BCUT2D eigenvalue weighted by molar-refractivity contribution is 1.10. The molecule has 1 aliphatic carbocycles.